The number of hydrogen-bond donors (Lipinski definition) is 1. The van der Waals surface area contributed by atoms with E-state index in [1.165, 1.54) is 11.2 Å². The highest BCUT2D eigenvalue weighted by atomic mass is 16.2. The molecule has 1 aliphatic carbocycles. The molecular weight excluding hydrogens is 272 g/mol. The van der Waals surface area contributed by atoms with E-state index in [1.807, 2.05) is 0 Å². The van der Waals surface area contributed by atoms with E-state index in [0.29, 0.717) is 5.82 Å². The summed E-state index contributed by atoms with van der Waals surface area (Å²) in [5, 5.41) is 14.5. The SMILES string of the molecule is Cn1nnc(CN2C(=O)CNC(=O)C2C2CCCCC2)n1. The van der Waals surface area contributed by atoms with Gasteiger partial charge in [-0.3, -0.25) is 9.59 Å². The van der Waals surface area contributed by atoms with Gasteiger partial charge in [0.25, 0.3) is 0 Å². The van der Waals surface area contributed by atoms with Crippen LogP contribution < -0.4 is 5.32 Å². The van der Waals surface area contributed by atoms with Gasteiger partial charge in [-0.1, -0.05) is 19.3 Å². The lowest BCUT2D eigenvalue weighted by atomic mass is 9.82. The van der Waals surface area contributed by atoms with Crippen LogP contribution in [0.1, 0.15) is 37.9 Å². The molecule has 1 aliphatic heterocycles. The summed E-state index contributed by atoms with van der Waals surface area (Å²) >= 11 is 0. The van der Waals surface area contributed by atoms with Crippen molar-refractivity contribution in [2.75, 3.05) is 6.54 Å². The summed E-state index contributed by atoms with van der Waals surface area (Å²) in [6.45, 7) is 0.309. The van der Waals surface area contributed by atoms with Gasteiger partial charge in [-0.15, -0.1) is 10.2 Å². The Morgan fingerprint density at radius 1 is 1.24 bits per heavy atom. The van der Waals surface area contributed by atoms with Crippen LogP contribution in [0.15, 0.2) is 0 Å². The predicted octanol–water partition coefficient (Wildman–Crippen LogP) is -0.383. The molecule has 8 heteroatoms. The molecule has 1 atom stereocenters. The number of nitrogens with one attached hydrogen (secondary N) is 1. The molecule has 0 bridgehead atoms. The Bertz CT molecular complexity index is 537. The lowest BCUT2D eigenvalue weighted by molar-refractivity contribution is -0.149. The first-order valence-corrected chi connectivity index (χ1v) is 7.45. The lowest BCUT2D eigenvalue weighted by Crippen LogP contribution is -2.60. The number of amides is 2. The van der Waals surface area contributed by atoms with Crippen LogP contribution >= 0.6 is 0 Å². The van der Waals surface area contributed by atoms with Gasteiger partial charge < -0.3 is 10.2 Å². The highest BCUT2D eigenvalue weighted by Gasteiger charge is 2.40. The number of aromatic nitrogens is 4. The molecule has 2 amide bonds. The highest BCUT2D eigenvalue weighted by molar-refractivity contribution is 5.95. The summed E-state index contributed by atoms with van der Waals surface area (Å²) in [7, 11) is 1.68. The fraction of sp³-hybridized carbons (Fsp3) is 0.769. The first kappa shape index (κ1) is 14.0. The minimum absolute atomic E-state index is 0.0506. The molecule has 114 valence electrons. The second-order valence-corrected chi connectivity index (χ2v) is 5.78. The van der Waals surface area contributed by atoms with Crippen molar-refractivity contribution in [1.29, 1.82) is 0 Å². The lowest BCUT2D eigenvalue weighted by Gasteiger charge is -2.40. The van der Waals surface area contributed by atoms with Crippen LogP contribution in [0.5, 0.6) is 0 Å². The summed E-state index contributed by atoms with van der Waals surface area (Å²) in [5.74, 6) is 0.587. The number of nitrogens with zero attached hydrogens (tertiary/aromatic N) is 5. The van der Waals surface area contributed by atoms with Crippen molar-refractivity contribution in [2.45, 2.75) is 44.7 Å². The minimum atomic E-state index is -0.393. The minimum Gasteiger partial charge on any atom is -0.345 e. The zero-order chi connectivity index (χ0) is 14.8. The number of carbonyl (C=O) groups is 2. The fourth-order valence-corrected chi connectivity index (χ4v) is 3.31. The standard InChI is InChI=1S/C13H20N6O2/c1-18-16-10(15-17-18)8-19-11(20)7-14-13(21)12(19)9-5-3-2-4-6-9/h9,12H,2-8H2,1H3,(H,14,21). The van der Waals surface area contributed by atoms with Crippen LogP contribution in [0.25, 0.3) is 0 Å². The van der Waals surface area contributed by atoms with Crippen LogP contribution in [0, 0.1) is 5.92 Å². The maximum Gasteiger partial charge on any atom is 0.243 e. The first-order valence-electron chi connectivity index (χ1n) is 7.45. The molecule has 0 spiro atoms. The maximum absolute atomic E-state index is 12.3. The molecule has 0 aromatic carbocycles. The molecule has 1 saturated carbocycles. The van der Waals surface area contributed by atoms with Crippen LogP contribution in [0.3, 0.4) is 0 Å². The molecule has 21 heavy (non-hydrogen) atoms. The summed E-state index contributed by atoms with van der Waals surface area (Å²) in [6.07, 6.45) is 5.45. The van der Waals surface area contributed by atoms with Crippen LogP contribution in [-0.2, 0) is 23.2 Å². The largest absolute Gasteiger partial charge is 0.345 e. The maximum atomic E-state index is 12.3. The van der Waals surface area contributed by atoms with E-state index >= 15 is 0 Å². The van der Waals surface area contributed by atoms with Gasteiger partial charge in [-0.2, -0.15) is 4.80 Å². The summed E-state index contributed by atoms with van der Waals surface area (Å²) < 4.78 is 0. The number of carbonyl (C=O) groups excluding carboxylic acids is 2. The smallest absolute Gasteiger partial charge is 0.243 e. The molecule has 1 unspecified atom stereocenters. The number of rotatable bonds is 3. The average Bonchev–Trinajstić information content (AvgIpc) is 2.89. The Hall–Kier alpha value is -1.99. The van der Waals surface area contributed by atoms with Crippen LogP contribution in [0.4, 0.5) is 0 Å². The molecule has 3 rings (SSSR count). The third-order valence-corrected chi connectivity index (χ3v) is 4.30. The molecule has 1 aromatic rings. The number of hydrogen-bond acceptors (Lipinski definition) is 5. The zero-order valence-corrected chi connectivity index (χ0v) is 12.2. The van der Waals surface area contributed by atoms with Gasteiger partial charge in [-0.05, 0) is 24.0 Å². The van der Waals surface area contributed by atoms with Crippen LogP contribution in [0.2, 0.25) is 0 Å². The van der Waals surface area contributed by atoms with E-state index in [9.17, 15) is 9.59 Å². The normalized spacial score (nSPS) is 24.2. The highest BCUT2D eigenvalue weighted by Crippen LogP contribution is 2.30. The van der Waals surface area contributed by atoms with Gasteiger partial charge in [0.2, 0.25) is 11.8 Å². The zero-order valence-electron chi connectivity index (χ0n) is 12.2. The summed E-state index contributed by atoms with van der Waals surface area (Å²) in [4.78, 5) is 27.5. The van der Waals surface area contributed by atoms with Gasteiger partial charge in [0, 0.05) is 0 Å². The Morgan fingerprint density at radius 2 is 2.00 bits per heavy atom. The second kappa shape index (κ2) is 5.79. The third-order valence-electron chi connectivity index (χ3n) is 4.30. The predicted molar refractivity (Wildman–Crippen MR) is 72.7 cm³/mol. The molecule has 1 N–H and O–H groups in total. The second-order valence-electron chi connectivity index (χ2n) is 5.78. The van der Waals surface area contributed by atoms with Gasteiger partial charge in [0.05, 0.1) is 20.1 Å². The molecule has 1 saturated heterocycles. The van der Waals surface area contributed by atoms with Crippen molar-refractivity contribution in [3.8, 4) is 0 Å². The molecule has 2 aliphatic rings. The molecule has 8 nitrogen and oxygen atoms in total. The fourth-order valence-electron chi connectivity index (χ4n) is 3.31. The van der Waals surface area contributed by atoms with Crippen molar-refractivity contribution in [1.82, 2.24) is 30.4 Å². The van der Waals surface area contributed by atoms with Crippen molar-refractivity contribution < 1.29 is 9.59 Å². The molecule has 2 fully saturated rings. The van der Waals surface area contributed by atoms with E-state index in [2.05, 4.69) is 20.7 Å². The molecule has 0 radical (unpaired) electrons. The van der Waals surface area contributed by atoms with E-state index in [4.69, 9.17) is 0 Å². The summed E-state index contributed by atoms with van der Waals surface area (Å²) in [5.41, 5.74) is 0. The monoisotopic (exact) mass is 292 g/mol. The van der Waals surface area contributed by atoms with Gasteiger partial charge in [0.1, 0.15) is 6.04 Å². The quantitative estimate of drug-likeness (QED) is 0.819. The Balaban J connectivity index is 1.81. The Labute approximate surface area is 122 Å². The van der Waals surface area contributed by atoms with E-state index in [-0.39, 0.29) is 30.8 Å². The van der Waals surface area contributed by atoms with Gasteiger partial charge >= 0.3 is 0 Å². The molecular formula is C13H20N6O2. The average molecular weight is 292 g/mol. The number of piperazine rings is 1. The Kier molecular flexibility index (Phi) is 3.85. The van der Waals surface area contributed by atoms with E-state index in [0.717, 1.165) is 25.7 Å². The number of tetrazole rings is 1. The molecule has 1 aromatic heterocycles. The van der Waals surface area contributed by atoms with Crippen molar-refractivity contribution in [3.05, 3.63) is 5.82 Å². The summed E-state index contributed by atoms with van der Waals surface area (Å²) in [6, 6.07) is -0.393. The number of aryl methyl sites for hydroxylation is 1. The topological polar surface area (TPSA) is 93.0 Å². The van der Waals surface area contributed by atoms with Crippen molar-refractivity contribution in [2.24, 2.45) is 13.0 Å². The van der Waals surface area contributed by atoms with Crippen molar-refractivity contribution in [3.63, 3.8) is 0 Å². The van der Waals surface area contributed by atoms with E-state index < -0.39 is 6.04 Å². The van der Waals surface area contributed by atoms with Gasteiger partial charge in [0.15, 0.2) is 5.82 Å². The Morgan fingerprint density at radius 3 is 2.67 bits per heavy atom. The molecule has 2 heterocycles. The van der Waals surface area contributed by atoms with Crippen molar-refractivity contribution >= 4 is 11.8 Å². The van der Waals surface area contributed by atoms with E-state index in [1.54, 1.807) is 11.9 Å². The van der Waals surface area contributed by atoms with Gasteiger partial charge in [-0.25, -0.2) is 0 Å². The first-order chi connectivity index (χ1) is 10.1. The van der Waals surface area contributed by atoms with Crippen LogP contribution in [-0.4, -0.2) is 49.5 Å². The third kappa shape index (κ3) is 2.88.